The summed E-state index contributed by atoms with van der Waals surface area (Å²) in [6.07, 6.45) is 1.71. The van der Waals surface area contributed by atoms with Crippen LogP contribution >= 0.6 is 15.9 Å². The summed E-state index contributed by atoms with van der Waals surface area (Å²) < 4.78 is 2.56. The molecule has 1 atom stereocenters. The van der Waals surface area contributed by atoms with Gasteiger partial charge in [-0.25, -0.2) is 0 Å². The highest BCUT2D eigenvalue weighted by Gasteiger charge is 2.13. The van der Waals surface area contributed by atoms with Gasteiger partial charge in [-0.2, -0.15) is 0 Å². The Morgan fingerprint density at radius 1 is 1.47 bits per heavy atom. The molecule has 0 aliphatic rings. The first-order chi connectivity index (χ1) is 8.06. The monoisotopic (exact) mass is 295 g/mol. The van der Waals surface area contributed by atoms with E-state index in [9.17, 15) is 5.11 Å². The summed E-state index contributed by atoms with van der Waals surface area (Å²) >= 11 is 3.47. The summed E-state index contributed by atoms with van der Waals surface area (Å²) in [6.45, 7) is 2.02. The molecule has 0 amide bonds. The van der Waals surface area contributed by atoms with Crippen LogP contribution in [0.5, 0.6) is 0 Å². The molecule has 1 N–H and O–H groups in total. The lowest BCUT2D eigenvalue weighted by atomic mass is 10.0. The van der Waals surface area contributed by atoms with Crippen molar-refractivity contribution < 1.29 is 5.11 Å². The van der Waals surface area contributed by atoms with Crippen LogP contribution in [0.4, 0.5) is 0 Å². The zero-order chi connectivity index (χ0) is 12.4. The van der Waals surface area contributed by atoms with Crippen molar-refractivity contribution in [2.45, 2.75) is 19.4 Å². The third-order valence-corrected chi connectivity index (χ3v) is 3.25. The second-order valence-corrected chi connectivity index (χ2v) is 4.98. The van der Waals surface area contributed by atoms with Gasteiger partial charge in [0.05, 0.1) is 11.8 Å². The number of rotatable bonds is 3. The van der Waals surface area contributed by atoms with Crippen molar-refractivity contribution in [2.75, 3.05) is 0 Å². The second-order valence-electron chi connectivity index (χ2n) is 4.13. The smallest absolute Gasteiger partial charge is 0.0857 e. The average Bonchev–Trinajstić information content (AvgIpc) is 2.63. The Bertz CT molecular complexity index is 524. The van der Waals surface area contributed by atoms with Crippen molar-refractivity contribution in [3.05, 3.63) is 45.7 Å². The van der Waals surface area contributed by atoms with E-state index in [0.717, 1.165) is 21.3 Å². The fourth-order valence-corrected chi connectivity index (χ4v) is 2.46. The summed E-state index contributed by atoms with van der Waals surface area (Å²) in [4.78, 5) is 0. The van der Waals surface area contributed by atoms with E-state index in [4.69, 9.17) is 0 Å². The van der Waals surface area contributed by atoms with Crippen LogP contribution in [0.2, 0.25) is 0 Å². The first-order valence-electron chi connectivity index (χ1n) is 5.35. The van der Waals surface area contributed by atoms with E-state index in [0.29, 0.717) is 6.42 Å². The van der Waals surface area contributed by atoms with Crippen LogP contribution in [0.3, 0.4) is 0 Å². The fourth-order valence-electron chi connectivity index (χ4n) is 1.70. The van der Waals surface area contributed by atoms with Gasteiger partial charge in [-0.3, -0.25) is 4.68 Å². The van der Waals surface area contributed by atoms with Gasteiger partial charge in [-0.15, -0.1) is 5.10 Å². The molecule has 0 saturated carbocycles. The summed E-state index contributed by atoms with van der Waals surface area (Å²) in [5, 5.41) is 18.0. The average molecular weight is 296 g/mol. The van der Waals surface area contributed by atoms with Gasteiger partial charge >= 0.3 is 0 Å². The Kier molecular flexibility index (Phi) is 3.59. The molecule has 2 aromatic rings. The molecule has 1 unspecified atom stereocenters. The van der Waals surface area contributed by atoms with Gasteiger partial charge in [0.15, 0.2) is 0 Å². The van der Waals surface area contributed by atoms with Gasteiger partial charge < -0.3 is 5.11 Å². The quantitative estimate of drug-likeness (QED) is 0.944. The van der Waals surface area contributed by atoms with Crippen molar-refractivity contribution in [3.63, 3.8) is 0 Å². The van der Waals surface area contributed by atoms with E-state index in [1.165, 1.54) is 0 Å². The maximum absolute atomic E-state index is 10.1. The lowest BCUT2D eigenvalue weighted by Crippen LogP contribution is -2.03. The van der Waals surface area contributed by atoms with Crippen LogP contribution in [0, 0.1) is 6.92 Å². The van der Waals surface area contributed by atoms with Crippen LogP contribution in [0.25, 0.3) is 0 Å². The maximum Gasteiger partial charge on any atom is 0.0857 e. The Balaban J connectivity index is 2.17. The van der Waals surface area contributed by atoms with Crippen molar-refractivity contribution in [3.8, 4) is 0 Å². The number of benzene rings is 1. The van der Waals surface area contributed by atoms with Crippen molar-refractivity contribution in [1.82, 2.24) is 15.0 Å². The molecule has 1 aromatic heterocycles. The number of halogens is 1. The first kappa shape index (κ1) is 12.3. The summed E-state index contributed by atoms with van der Waals surface area (Å²) in [5.74, 6) is 0. The van der Waals surface area contributed by atoms with Crippen molar-refractivity contribution in [2.24, 2.45) is 7.05 Å². The first-order valence-corrected chi connectivity index (χ1v) is 6.15. The molecule has 0 aliphatic heterocycles. The Labute approximate surface area is 108 Å². The second kappa shape index (κ2) is 4.98. The highest BCUT2D eigenvalue weighted by molar-refractivity contribution is 9.10. The zero-order valence-electron chi connectivity index (χ0n) is 9.76. The van der Waals surface area contributed by atoms with Crippen molar-refractivity contribution in [1.29, 1.82) is 0 Å². The van der Waals surface area contributed by atoms with Crippen LogP contribution in [-0.4, -0.2) is 20.1 Å². The van der Waals surface area contributed by atoms with E-state index in [1.54, 1.807) is 4.68 Å². The third kappa shape index (κ3) is 2.92. The van der Waals surface area contributed by atoms with Gasteiger partial charge in [0.1, 0.15) is 0 Å². The number of nitrogens with zero attached hydrogens (tertiary/aromatic N) is 3. The third-order valence-electron chi connectivity index (χ3n) is 2.57. The van der Waals surface area contributed by atoms with Gasteiger partial charge in [-0.05, 0) is 24.1 Å². The minimum absolute atomic E-state index is 0.468. The molecule has 17 heavy (non-hydrogen) atoms. The minimum Gasteiger partial charge on any atom is -0.388 e. The zero-order valence-corrected chi connectivity index (χ0v) is 11.3. The summed E-state index contributed by atoms with van der Waals surface area (Å²) in [6, 6.07) is 5.91. The Morgan fingerprint density at radius 3 is 2.82 bits per heavy atom. The predicted octanol–water partition coefficient (Wildman–Crippen LogP) is 2.16. The van der Waals surface area contributed by atoms with E-state index in [2.05, 4.69) is 26.2 Å². The number of aliphatic hydroxyl groups is 1. The van der Waals surface area contributed by atoms with Crippen LogP contribution in [-0.2, 0) is 13.5 Å². The largest absolute Gasteiger partial charge is 0.388 e. The summed E-state index contributed by atoms with van der Waals surface area (Å²) in [5.41, 5.74) is 2.82. The van der Waals surface area contributed by atoms with Crippen LogP contribution in [0.15, 0.2) is 28.9 Å². The molecular weight excluding hydrogens is 282 g/mol. The van der Waals surface area contributed by atoms with Gasteiger partial charge in [0, 0.05) is 24.1 Å². The van der Waals surface area contributed by atoms with E-state index in [-0.39, 0.29) is 0 Å². The normalized spacial score (nSPS) is 12.7. The predicted molar refractivity (Wildman–Crippen MR) is 68.5 cm³/mol. The molecule has 0 saturated heterocycles. The SMILES string of the molecule is Cc1ccc(C(O)Cc2cn(C)nn2)c(Br)c1. The topological polar surface area (TPSA) is 50.9 Å². The molecule has 1 heterocycles. The fraction of sp³-hybridized carbons (Fsp3) is 0.333. The van der Waals surface area contributed by atoms with E-state index >= 15 is 0 Å². The summed E-state index contributed by atoms with van der Waals surface area (Å²) in [7, 11) is 1.81. The minimum atomic E-state index is -0.568. The maximum atomic E-state index is 10.1. The molecule has 0 aliphatic carbocycles. The molecule has 0 radical (unpaired) electrons. The Hall–Kier alpha value is -1.20. The molecule has 1 aromatic carbocycles. The molecule has 0 fully saturated rings. The number of aryl methyl sites for hydroxylation is 2. The number of hydrogen-bond acceptors (Lipinski definition) is 3. The molecule has 5 heteroatoms. The molecule has 2 rings (SSSR count). The van der Waals surface area contributed by atoms with Gasteiger partial charge in [0.2, 0.25) is 0 Å². The number of hydrogen-bond donors (Lipinski definition) is 1. The Morgan fingerprint density at radius 2 is 2.24 bits per heavy atom. The molecule has 0 bridgehead atoms. The molecule has 90 valence electrons. The molecule has 4 nitrogen and oxygen atoms in total. The lowest BCUT2D eigenvalue weighted by Gasteiger charge is -2.11. The van der Waals surface area contributed by atoms with Gasteiger partial charge in [0.25, 0.3) is 0 Å². The highest BCUT2D eigenvalue weighted by atomic mass is 79.9. The van der Waals surface area contributed by atoms with Crippen molar-refractivity contribution >= 4 is 15.9 Å². The van der Waals surface area contributed by atoms with Crippen LogP contribution < -0.4 is 0 Å². The molecular formula is C12H14BrN3O. The standard InChI is InChI=1S/C12H14BrN3O/c1-8-3-4-10(11(13)5-8)12(17)6-9-7-16(2)15-14-9/h3-5,7,12,17H,6H2,1-2H3. The van der Waals surface area contributed by atoms with E-state index in [1.807, 2.05) is 38.4 Å². The molecule has 0 spiro atoms. The number of aliphatic hydroxyl groups excluding tert-OH is 1. The van der Waals surface area contributed by atoms with Crippen LogP contribution in [0.1, 0.15) is 22.9 Å². The lowest BCUT2D eigenvalue weighted by molar-refractivity contribution is 0.176. The van der Waals surface area contributed by atoms with Gasteiger partial charge in [-0.1, -0.05) is 33.3 Å². The number of aromatic nitrogens is 3. The highest BCUT2D eigenvalue weighted by Crippen LogP contribution is 2.26. The van der Waals surface area contributed by atoms with E-state index < -0.39 is 6.10 Å².